The SMILES string of the molecule is CC(C)CS(=O)(=O)NCc1nc(NCC(c2ccccc2)c2ccccc2)c2ncn(C3CCCCO3)c2n1. The summed E-state index contributed by atoms with van der Waals surface area (Å²) in [5, 5.41) is 3.53. The number of fused-ring (bicyclic) bond motifs is 1. The minimum atomic E-state index is -3.46. The first-order valence-corrected chi connectivity index (χ1v) is 15.2. The van der Waals surface area contributed by atoms with E-state index in [0.29, 0.717) is 36.0 Å². The monoisotopic (exact) mass is 548 g/mol. The molecule has 1 aliphatic heterocycles. The van der Waals surface area contributed by atoms with Crippen molar-refractivity contribution in [3.63, 3.8) is 0 Å². The van der Waals surface area contributed by atoms with Crippen LogP contribution in [0.25, 0.3) is 11.2 Å². The van der Waals surface area contributed by atoms with Gasteiger partial charge < -0.3 is 10.1 Å². The fraction of sp³-hybridized carbons (Fsp3) is 0.414. The van der Waals surface area contributed by atoms with Crippen LogP contribution in [0, 0.1) is 5.92 Å². The summed E-state index contributed by atoms with van der Waals surface area (Å²) >= 11 is 0. The van der Waals surface area contributed by atoms with E-state index in [1.807, 2.05) is 54.8 Å². The number of imidazole rings is 1. The van der Waals surface area contributed by atoms with E-state index in [0.717, 1.165) is 19.3 Å². The van der Waals surface area contributed by atoms with Crippen molar-refractivity contribution in [1.29, 1.82) is 0 Å². The molecule has 9 nitrogen and oxygen atoms in total. The standard InChI is InChI=1S/C29H36N6O3S/c1-21(2)19-39(36,37)32-18-25-33-28(27-29(34-25)35(20-31-27)26-15-9-10-16-38-26)30-17-24(22-11-5-3-6-12-22)23-13-7-4-8-14-23/h3-8,11-14,20-21,24,26,32H,9-10,15-19H2,1-2H3,(H,30,33,34). The number of nitrogens with zero attached hydrogens (tertiary/aromatic N) is 4. The van der Waals surface area contributed by atoms with Gasteiger partial charge >= 0.3 is 0 Å². The van der Waals surface area contributed by atoms with Crippen molar-refractivity contribution in [3.8, 4) is 0 Å². The first-order chi connectivity index (χ1) is 18.9. The van der Waals surface area contributed by atoms with Crippen LogP contribution in [0.1, 0.15) is 62.2 Å². The second kappa shape index (κ2) is 12.2. The zero-order valence-corrected chi connectivity index (χ0v) is 23.3. The van der Waals surface area contributed by atoms with Gasteiger partial charge in [-0.3, -0.25) is 4.57 Å². The molecule has 0 bridgehead atoms. The van der Waals surface area contributed by atoms with Crippen LogP contribution >= 0.6 is 0 Å². The fourth-order valence-corrected chi connectivity index (χ4v) is 6.33. The molecule has 1 atom stereocenters. The van der Waals surface area contributed by atoms with E-state index >= 15 is 0 Å². The molecule has 0 aliphatic carbocycles. The summed E-state index contributed by atoms with van der Waals surface area (Å²) in [4.78, 5) is 14.1. The van der Waals surface area contributed by atoms with E-state index in [9.17, 15) is 8.42 Å². The number of rotatable bonds is 11. The van der Waals surface area contributed by atoms with Gasteiger partial charge in [0.05, 0.1) is 18.6 Å². The highest BCUT2D eigenvalue weighted by atomic mass is 32.2. The minimum Gasteiger partial charge on any atom is -0.367 e. The third kappa shape index (κ3) is 6.81. The van der Waals surface area contributed by atoms with E-state index < -0.39 is 10.0 Å². The molecule has 2 aromatic heterocycles. The van der Waals surface area contributed by atoms with Crippen LogP contribution in [-0.2, 0) is 21.3 Å². The van der Waals surface area contributed by atoms with Crippen LogP contribution < -0.4 is 10.0 Å². The largest absolute Gasteiger partial charge is 0.367 e. The molecule has 1 aliphatic rings. The number of hydrogen-bond acceptors (Lipinski definition) is 7. The van der Waals surface area contributed by atoms with Crippen molar-refractivity contribution in [2.24, 2.45) is 5.92 Å². The highest BCUT2D eigenvalue weighted by molar-refractivity contribution is 7.89. The van der Waals surface area contributed by atoms with Crippen LogP contribution in [0.4, 0.5) is 5.82 Å². The first-order valence-electron chi connectivity index (χ1n) is 13.6. The maximum absolute atomic E-state index is 12.5. The zero-order chi connectivity index (χ0) is 27.2. The Labute approximate surface area is 230 Å². The Bertz CT molecular complexity index is 1430. The summed E-state index contributed by atoms with van der Waals surface area (Å²) in [6, 6.07) is 20.7. The number of ether oxygens (including phenoxy) is 1. The summed E-state index contributed by atoms with van der Waals surface area (Å²) in [5.41, 5.74) is 3.64. The van der Waals surface area contributed by atoms with Gasteiger partial charge in [-0.25, -0.2) is 28.1 Å². The van der Waals surface area contributed by atoms with Gasteiger partial charge in [-0.15, -0.1) is 0 Å². The zero-order valence-electron chi connectivity index (χ0n) is 22.5. The number of hydrogen-bond donors (Lipinski definition) is 2. The molecule has 3 heterocycles. The summed E-state index contributed by atoms with van der Waals surface area (Å²) in [5.74, 6) is 1.09. The number of nitrogens with one attached hydrogen (secondary N) is 2. The molecule has 2 aromatic carbocycles. The Kier molecular flexibility index (Phi) is 8.54. The number of benzene rings is 2. The second-order valence-corrected chi connectivity index (χ2v) is 12.2. The van der Waals surface area contributed by atoms with Crippen LogP contribution in [-0.4, -0.2) is 46.8 Å². The molecular formula is C29H36N6O3S. The number of aromatic nitrogens is 4. The molecule has 0 saturated carbocycles. The predicted molar refractivity (Wildman–Crippen MR) is 153 cm³/mol. The lowest BCUT2D eigenvalue weighted by molar-refractivity contribution is -0.0298. The van der Waals surface area contributed by atoms with Gasteiger partial charge in [-0.1, -0.05) is 74.5 Å². The summed E-state index contributed by atoms with van der Waals surface area (Å²) in [6.07, 6.45) is 4.57. The first kappa shape index (κ1) is 27.2. The van der Waals surface area contributed by atoms with E-state index in [1.165, 1.54) is 11.1 Å². The van der Waals surface area contributed by atoms with Gasteiger partial charge in [0.25, 0.3) is 0 Å². The fourth-order valence-electron chi connectivity index (χ4n) is 4.99. The number of sulfonamides is 1. The third-order valence-corrected chi connectivity index (χ3v) is 8.50. The Hall–Kier alpha value is -3.34. The average Bonchev–Trinajstić information content (AvgIpc) is 3.37. The summed E-state index contributed by atoms with van der Waals surface area (Å²) in [7, 11) is -3.46. The molecular weight excluding hydrogens is 512 g/mol. The van der Waals surface area contributed by atoms with Crippen molar-refractivity contribution in [1.82, 2.24) is 24.2 Å². The lowest BCUT2D eigenvalue weighted by Gasteiger charge is -2.24. The van der Waals surface area contributed by atoms with Crippen LogP contribution in [0.5, 0.6) is 0 Å². The van der Waals surface area contributed by atoms with Crippen LogP contribution in [0.3, 0.4) is 0 Å². The summed E-state index contributed by atoms with van der Waals surface area (Å²) < 4.78 is 35.7. The smallest absolute Gasteiger partial charge is 0.212 e. The highest BCUT2D eigenvalue weighted by Crippen LogP contribution is 2.30. The molecule has 1 saturated heterocycles. The normalized spacial score (nSPS) is 16.3. The topological polar surface area (TPSA) is 111 Å². The van der Waals surface area contributed by atoms with Crippen LogP contribution in [0.15, 0.2) is 67.0 Å². The third-order valence-electron chi connectivity index (χ3n) is 6.81. The van der Waals surface area contributed by atoms with E-state index in [1.54, 1.807) is 6.33 Å². The molecule has 0 spiro atoms. The Balaban J connectivity index is 1.48. The van der Waals surface area contributed by atoms with Gasteiger partial charge in [0.15, 0.2) is 17.0 Å². The molecule has 2 N–H and O–H groups in total. The summed E-state index contributed by atoms with van der Waals surface area (Å²) in [6.45, 7) is 5.02. The van der Waals surface area contributed by atoms with Gasteiger partial charge in [-0.05, 0) is 36.3 Å². The molecule has 0 amide bonds. The minimum absolute atomic E-state index is 0.00280. The van der Waals surface area contributed by atoms with Gasteiger partial charge in [0.2, 0.25) is 10.0 Å². The van der Waals surface area contributed by atoms with Crippen molar-refractivity contribution in [3.05, 3.63) is 83.9 Å². The van der Waals surface area contributed by atoms with Gasteiger partial charge in [0.1, 0.15) is 12.1 Å². The average molecular weight is 549 g/mol. The molecule has 206 valence electrons. The molecule has 1 unspecified atom stereocenters. The lowest BCUT2D eigenvalue weighted by Crippen LogP contribution is -2.29. The molecule has 0 radical (unpaired) electrons. The Morgan fingerprint density at radius 1 is 1.00 bits per heavy atom. The van der Waals surface area contributed by atoms with Crippen molar-refractivity contribution < 1.29 is 13.2 Å². The Morgan fingerprint density at radius 3 is 2.31 bits per heavy atom. The Morgan fingerprint density at radius 2 is 1.69 bits per heavy atom. The molecule has 39 heavy (non-hydrogen) atoms. The van der Waals surface area contributed by atoms with Crippen molar-refractivity contribution in [2.45, 2.75) is 51.8 Å². The van der Waals surface area contributed by atoms with E-state index in [2.05, 4.69) is 39.3 Å². The predicted octanol–water partition coefficient (Wildman–Crippen LogP) is 4.84. The maximum Gasteiger partial charge on any atom is 0.212 e. The van der Waals surface area contributed by atoms with Crippen LogP contribution in [0.2, 0.25) is 0 Å². The van der Waals surface area contributed by atoms with E-state index in [4.69, 9.17) is 14.7 Å². The highest BCUT2D eigenvalue weighted by Gasteiger charge is 2.23. The van der Waals surface area contributed by atoms with E-state index in [-0.39, 0.29) is 30.4 Å². The molecule has 1 fully saturated rings. The second-order valence-electron chi connectivity index (χ2n) is 10.4. The maximum atomic E-state index is 12.5. The van der Waals surface area contributed by atoms with Gasteiger partial charge in [0, 0.05) is 19.1 Å². The molecule has 4 aromatic rings. The van der Waals surface area contributed by atoms with Crippen molar-refractivity contribution in [2.75, 3.05) is 24.2 Å². The quantitative estimate of drug-likeness (QED) is 0.276. The lowest BCUT2D eigenvalue weighted by atomic mass is 9.91. The molecule has 5 rings (SSSR count). The van der Waals surface area contributed by atoms with Gasteiger partial charge in [-0.2, -0.15) is 0 Å². The van der Waals surface area contributed by atoms with Crippen molar-refractivity contribution >= 4 is 27.0 Å². The number of anilines is 1. The molecule has 10 heteroatoms.